The van der Waals surface area contributed by atoms with Crippen LogP contribution in [0.1, 0.15) is 18.4 Å². The van der Waals surface area contributed by atoms with E-state index in [1.165, 1.54) is 5.56 Å². The molecule has 0 bridgehead atoms. The van der Waals surface area contributed by atoms with Crippen molar-refractivity contribution in [1.29, 1.82) is 0 Å². The van der Waals surface area contributed by atoms with Gasteiger partial charge in [0.2, 0.25) is 0 Å². The summed E-state index contributed by atoms with van der Waals surface area (Å²) in [5.74, 6) is 0. The van der Waals surface area contributed by atoms with Gasteiger partial charge in [-0.15, -0.1) is 0 Å². The molecule has 0 radical (unpaired) electrons. The normalized spacial score (nSPS) is 19.1. The third-order valence-electron chi connectivity index (χ3n) is 2.35. The average molecular weight is 197 g/mol. The van der Waals surface area contributed by atoms with Crippen LogP contribution in [-0.4, -0.2) is 19.2 Å². The summed E-state index contributed by atoms with van der Waals surface area (Å²) in [6, 6.07) is 2.13. The standard InChI is InChI=1S/C10H15NOS/c1-4-11-5-2-10(1)12-7-9-3-6-13-8-9/h3,6,8,10-11H,1-2,4-5,7H2. The van der Waals surface area contributed by atoms with Gasteiger partial charge in [-0.2, -0.15) is 11.3 Å². The number of nitrogens with one attached hydrogen (secondary N) is 1. The molecule has 2 rings (SSSR count). The first-order valence-corrected chi connectivity index (χ1v) is 5.73. The Labute approximate surface area is 82.9 Å². The van der Waals surface area contributed by atoms with Crippen molar-refractivity contribution in [2.24, 2.45) is 0 Å². The third-order valence-corrected chi connectivity index (χ3v) is 3.08. The average Bonchev–Trinajstić information content (AvgIpc) is 2.69. The molecule has 1 aliphatic heterocycles. The minimum Gasteiger partial charge on any atom is -0.373 e. The van der Waals surface area contributed by atoms with E-state index in [-0.39, 0.29) is 0 Å². The van der Waals surface area contributed by atoms with Gasteiger partial charge >= 0.3 is 0 Å². The lowest BCUT2D eigenvalue weighted by molar-refractivity contribution is 0.0214. The highest BCUT2D eigenvalue weighted by atomic mass is 32.1. The number of thiophene rings is 1. The third kappa shape index (κ3) is 2.79. The maximum Gasteiger partial charge on any atom is 0.0728 e. The van der Waals surface area contributed by atoms with Gasteiger partial charge in [-0.3, -0.25) is 0 Å². The second-order valence-corrected chi connectivity index (χ2v) is 4.17. The lowest BCUT2D eigenvalue weighted by atomic mass is 10.1. The predicted molar refractivity (Wildman–Crippen MR) is 55.0 cm³/mol. The van der Waals surface area contributed by atoms with Crippen molar-refractivity contribution in [3.8, 4) is 0 Å². The zero-order valence-corrected chi connectivity index (χ0v) is 8.48. The quantitative estimate of drug-likeness (QED) is 0.800. The van der Waals surface area contributed by atoms with E-state index >= 15 is 0 Å². The monoisotopic (exact) mass is 197 g/mol. The smallest absolute Gasteiger partial charge is 0.0728 e. The molecular formula is C10H15NOS. The molecule has 13 heavy (non-hydrogen) atoms. The van der Waals surface area contributed by atoms with Crippen molar-refractivity contribution in [2.45, 2.75) is 25.6 Å². The van der Waals surface area contributed by atoms with Crippen LogP contribution in [0, 0.1) is 0 Å². The largest absolute Gasteiger partial charge is 0.373 e. The lowest BCUT2D eigenvalue weighted by Gasteiger charge is -2.22. The van der Waals surface area contributed by atoms with E-state index in [2.05, 4.69) is 22.1 Å². The Kier molecular flexibility index (Phi) is 3.35. The molecule has 1 N–H and O–H groups in total. The van der Waals surface area contributed by atoms with Gasteiger partial charge in [-0.05, 0) is 48.3 Å². The summed E-state index contributed by atoms with van der Waals surface area (Å²) in [7, 11) is 0. The molecule has 0 atom stereocenters. The highest BCUT2D eigenvalue weighted by Crippen LogP contribution is 2.12. The molecule has 1 aromatic heterocycles. The molecule has 3 heteroatoms. The fraction of sp³-hybridized carbons (Fsp3) is 0.600. The summed E-state index contributed by atoms with van der Waals surface area (Å²) in [5, 5.41) is 7.58. The Hall–Kier alpha value is -0.380. The molecule has 1 fully saturated rings. The Bertz CT molecular complexity index is 229. The molecule has 1 aliphatic rings. The topological polar surface area (TPSA) is 21.3 Å². The SMILES string of the molecule is c1cc(COC2CCNCC2)cs1. The van der Waals surface area contributed by atoms with Crippen LogP contribution >= 0.6 is 11.3 Å². The van der Waals surface area contributed by atoms with Gasteiger partial charge in [0.05, 0.1) is 12.7 Å². The maximum atomic E-state index is 5.79. The molecule has 1 aromatic rings. The maximum absolute atomic E-state index is 5.79. The van der Waals surface area contributed by atoms with E-state index in [0.717, 1.165) is 32.5 Å². The Morgan fingerprint density at radius 3 is 3.00 bits per heavy atom. The summed E-state index contributed by atoms with van der Waals surface area (Å²) < 4.78 is 5.79. The van der Waals surface area contributed by atoms with Gasteiger partial charge in [0, 0.05) is 0 Å². The molecule has 72 valence electrons. The van der Waals surface area contributed by atoms with E-state index < -0.39 is 0 Å². The van der Waals surface area contributed by atoms with Crippen LogP contribution in [0.25, 0.3) is 0 Å². The molecule has 0 spiro atoms. The molecule has 2 heterocycles. The first-order chi connectivity index (χ1) is 6.45. The second kappa shape index (κ2) is 4.74. The first kappa shape index (κ1) is 9.19. The van der Waals surface area contributed by atoms with Crippen molar-refractivity contribution in [1.82, 2.24) is 5.32 Å². The summed E-state index contributed by atoms with van der Waals surface area (Å²) in [5.41, 5.74) is 1.31. The highest BCUT2D eigenvalue weighted by Gasteiger charge is 2.12. The Balaban J connectivity index is 1.72. The fourth-order valence-corrected chi connectivity index (χ4v) is 2.20. The van der Waals surface area contributed by atoms with Gasteiger partial charge in [-0.1, -0.05) is 0 Å². The number of piperidine rings is 1. The molecule has 0 amide bonds. The van der Waals surface area contributed by atoms with Crippen molar-refractivity contribution in [2.75, 3.05) is 13.1 Å². The van der Waals surface area contributed by atoms with E-state index in [4.69, 9.17) is 4.74 Å². The van der Waals surface area contributed by atoms with Crippen molar-refractivity contribution < 1.29 is 4.74 Å². The van der Waals surface area contributed by atoms with Gasteiger partial charge < -0.3 is 10.1 Å². The van der Waals surface area contributed by atoms with Crippen LogP contribution in [-0.2, 0) is 11.3 Å². The number of ether oxygens (including phenoxy) is 1. The lowest BCUT2D eigenvalue weighted by Crippen LogP contribution is -2.32. The van der Waals surface area contributed by atoms with Gasteiger partial charge in [0.15, 0.2) is 0 Å². The Morgan fingerprint density at radius 1 is 1.46 bits per heavy atom. The van der Waals surface area contributed by atoms with Gasteiger partial charge in [-0.25, -0.2) is 0 Å². The summed E-state index contributed by atoms with van der Waals surface area (Å²) >= 11 is 1.73. The molecule has 0 unspecified atom stereocenters. The van der Waals surface area contributed by atoms with Crippen molar-refractivity contribution in [3.63, 3.8) is 0 Å². The molecule has 0 aliphatic carbocycles. The van der Waals surface area contributed by atoms with Crippen LogP contribution in [0.3, 0.4) is 0 Å². The van der Waals surface area contributed by atoms with Crippen molar-refractivity contribution in [3.05, 3.63) is 22.4 Å². The van der Waals surface area contributed by atoms with Gasteiger partial charge in [0.1, 0.15) is 0 Å². The molecule has 1 saturated heterocycles. The fourth-order valence-electron chi connectivity index (χ4n) is 1.55. The van der Waals surface area contributed by atoms with Crippen LogP contribution in [0.2, 0.25) is 0 Å². The predicted octanol–water partition coefficient (Wildman–Crippen LogP) is 2.02. The summed E-state index contributed by atoms with van der Waals surface area (Å²) in [6.45, 7) is 3.00. The molecular weight excluding hydrogens is 182 g/mol. The minimum atomic E-state index is 0.473. The Morgan fingerprint density at radius 2 is 2.31 bits per heavy atom. The zero-order valence-electron chi connectivity index (χ0n) is 7.66. The van der Waals surface area contributed by atoms with E-state index in [9.17, 15) is 0 Å². The first-order valence-electron chi connectivity index (χ1n) is 4.78. The van der Waals surface area contributed by atoms with E-state index in [1.54, 1.807) is 11.3 Å². The number of hydrogen-bond donors (Lipinski definition) is 1. The van der Waals surface area contributed by atoms with Crippen LogP contribution in [0.4, 0.5) is 0 Å². The second-order valence-electron chi connectivity index (χ2n) is 3.39. The van der Waals surface area contributed by atoms with Crippen LogP contribution < -0.4 is 5.32 Å². The van der Waals surface area contributed by atoms with Crippen LogP contribution in [0.15, 0.2) is 16.8 Å². The molecule has 0 aromatic carbocycles. The van der Waals surface area contributed by atoms with E-state index in [0.29, 0.717) is 6.10 Å². The zero-order chi connectivity index (χ0) is 8.93. The number of rotatable bonds is 3. The highest BCUT2D eigenvalue weighted by molar-refractivity contribution is 7.07. The minimum absolute atomic E-state index is 0.473. The summed E-state index contributed by atoms with van der Waals surface area (Å²) in [4.78, 5) is 0. The van der Waals surface area contributed by atoms with Gasteiger partial charge in [0.25, 0.3) is 0 Å². The van der Waals surface area contributed by atoms with E-state index in [1.807, 2.05) is 0 Å². The summed E-state index contributed by atoms with van der Waals surface area (Å²) in [6.07, 6.45) is 2.79. The molecule has 2 nitrogen and oxygen atoms in total. The molecule has 0 saturated carbocycles. The number of hydrogen-bond acceptors (Lipinski definition) is 3. The van der Waals surface area contributed by atoms with Crippen molar-refractivity contribution >= 4 is 11.3 Å². The van der Waals surface area contributed by atoms with Crippen LogP contribution in [0.5, 0.6) is 0 Å².